The molecular weight excluding hydrogens is 176 g/mol. The molecule has 0 atom stereocenters. The van der Waals surface area contributed by atoms with Crippen LogP contribution in [-0.2, 0) is 6.54 Å². The Bertz CT molecular complexity index is 313. The van der Waals surface area contributed by atoms with Crippen LogP contribution in [0.1, 0.15) is 23.4 Å². The van der Waals surface area contributed by atoms with E-state index in [9.17, 15) is 8.78 Å². The van der Waals surface area contributed by atoms with E-state index in [0.717, 1.165) is 0 Å². The second-order valence-electron chi connectivity index (χ2n) is 2.73. The Morgan fingerprint density at radius 1 is 1.54 bits per heavy atom. The van der Waals surface area contributed by atoms with Crippen LogP contribution in [0.5, 0.6) is 0 Å². The highest BCUT2D eigenvalue weighted by molar-refractivity contribution is 5.50. The number of nitrogens with two attached hydrogens (primary N) is 2. The molecule has 72 valence electrons. The zero-order valence-electron chi connectivity index (χ0n) is 7.22. The first-order chi connectivity index (χ1) is 6.06. The highest BCUT2D eigenvalue weighted by Crippen LogP contribution is 2.22. The third-order valence-electron chi connectivity index (χ3n) is 1.78. The Morgan fingerprint density at radius 2 is 2.15 bits per heavy atom. The molecule has 0 aliphatic carbocycles. The second-order valence-corrected chi connectivity index (χ2v) is 2.73. The lowest BCUT2D eigenvalue weighted by Gasteiger charge is -2.08. The number of hydrogen-bond acceptors (Lipinski definition) is 3. The van der Waals surface area contributed by atoms with Crippen LogP contribution in [0.2, 0.25) is 0 Å². The van der Waals surface area contributed by atoms with E-state index in [-0.39, 0.29) is 12.2 Å². The van der Waals surface area contributed by atoms with Crippen molar-refractivity contribution in [3.63, 3.8) is 0 Å². The summed E-state index contributed by atoms with van der Waals surface area (Å²) in [5.74, 6) is 0. The van der Waals surface area contributed by atoms with Gasteiger partial charge in [-0.25, -0.2) is 13.8 Å². The molecule has 0 bridgehead atoms. The van der Waals surface area contributed by atoms with Crippen molar-refractivity contribution in [2.24, 2.45) is 5.73 Å². The maximum absolute atomic E-state index is 12.3. The first-order valence-electron chi connectivity index (χ1n) is 3.80. The predicted octanol–water partition coefficient (Wildman–Crippen LogP) is 1.37. The van der Waals surface area contributed by atoms with Crippen LogP contribution >= 0.6 is 0 Å². The van der Waals surface area contributed by atoms with Gasteiger partial charge in [0.25, 0.3) is 6.43 Å². The average Bonchev–Trinajstić information content (AvgIpc) is 2.09. The van der Waals surface area contributed by atoms with Gasteiger partial charge in [0, 0.05) is 6.54 Å². The minimum atomic E-state index is -2.58. The Hall–Kier alpha value is -1.23. The fraction of sp³-hybridized carbons (Fsp3) is 0.375. The van der Waals surface area contributed by atoms with Crippen molar-refractivity contribution in [2.75, 3.05) is 5.73 Å². The Balaban J connectivity index is 3.22. The number of pyridine rings is 1. The van der Waals surface area contributed by atoms with E-state index < -0.39 is 6.43 Å². The first-order valence-corrected chi connectivity index (χ1v) is 3.80. The third-order valence-corrected chi connectivity index (χ3v) is 1.78. The fourth-order valence-corrected chi connectivity index (χ4v) is 1.04. The van der Waals surface area contributed by atoms with E-state index in [0.29, 0.717) is 16.9 Å². The quantitative estimate of drug-likeness (QED) is 0.734. The molecule has 1 heterocycles. The summed E-state index contributed by atoms with van der Waals surface area (Å²) in [6.07, 6.45) is -2.58. The van der Waals surface area contributed by atoms with Gasteiger partial charge in [-0.15, -0.1) is 0 Å². The molecule has 0 aliphatic rings. The maximum Gasteiger partial charge on any atom is 0.280 e. The van der Waals surface area contributed by atoms with Crippen LogP contribution in [0.4, 0.5) is 14.5 Å². The van der Waals surface area contributed by atoms with Crippen LogP contribution in [0, 0.1) is 6.92 Å². The van der Waals surface area contributed by atoms with Gasteiger partial charge < -0.3 is 11.5 Å². The lowest BCUT2D eigenvalue weighted by molar-refractivity contribution is 0.146. The van der Waals surface area contributed by atoms with Gasteiger partial charge in [0.2, 0.25) is 0 Å². The SMILES string of the molecule is Cc1cc(C(F)F)nc(CN)c1N. The summed E-state index contributed by atoms with van der Waals surface area (Å²) in [4.78, 5) is 3.65. The third kappa shape index (κ3) is 1.92. The summed E-state index contributed by atoms with van der Waals surface area (Å²) >= 11 is 0. The highest BCUT2D eigenvalue weighted by atomic mass is 19.3. The molecule has 0 unspecified atom stereocenters. The molecule has 13 heavy (non-hydrogen) atoms. The number of aromatic nitrogens is 1. The number of nitrogen functional groups attached to an aromatic ring is 1. The van der Waals surface area contributed by atoms with Gasteiger partial charge in [-0.2, -0.15) is 0 Å². The van der Waals surface area contributed by atoms with E-state index >= 15 is 0 Å². The molecule has 3 nitrogen and oxygen atoms in total. The molecule has 0 saturated carbocycles. The van der Waals surface area contributed by atoms with Crippen LogP contribution in [0.25, 0.3) is 0 Å². The zero-order valence-corrected chi connectivity index (χ0v) is 7.22. The van der Waals surface area contributed by atoms with Gasteiger partial charge in [0.15, 0.2) is 0 Å². The molecule has 1 aromatic heterocycles. The zero-order chi connectivity index (χ0) is 10.0. The van der Waals surface area contributed by atoms with Crippen molar-refractivity contribution < 1.29 is 8.78 Å². The number of nitrogens with zero attached hydrogens (tertiary/aromatic N) is 1. The normalized spacial score (nSPS) is 10.8. The van der Waals surface area contributed by atoms with E-state index in [1.165, 1.54) is 6.07 Å². The van der Waals surface area contributed by atoms with Gasteiger partial charge >= 0.3 is 0 Å². The van der Waals surface area contributed by atoms with Gasteiger partial charge in [0.1, 0.15) is 5.69 Å². The van der Waals surface area contributed by atoms with E-state index in [2.05, 4.69) is 4.98 Å². The molecule has 0 radical (unpaired) electrons. The first kappa shape index (κ1) is 9.85. The molecule has 0 fully saturated rings. The molecule has 1 aromatic rings. The van der Waals surface area contributed by atoms with Crippen LogP contribution in [0.3, 0.4) is 0 Å². The molecule has 1 rings (SSSR count). The lowest BCUT2D eigenvalue weighted by atomic mass is 10.1. The summed E-state index contributed by atoms with van der Waals surface area (Å²) < 4.78 is 24.5. The number of halogens is 2. The molecule has 0 aromatic carbocycles. The number of anilines is 1. The minimum Gasteiger partial charge on any atom is -0.397 e. The maximum atomic E-state index is 12.3. The van der Waals surface area contributed by atoms with Crippen LogP contribution in [0.15, 0.2) is 6.07 Å². The standard InChI is InChI=1S/C8H11F2N3/c1-4-2-5(8(9)10)13-6(3-11)7(4)12/h2,8H,3,11-12H2,1H3. The van der Waals surface area contributed by atoms with Gasteiger partial charge in [0.05, 0.1) is 11.4 Å². The van der Waals surface area contributed by atoms with Gasteiger partial charge in [-0.3, -0.25) is 0 Å². The Kier molecular flexibility index (Phi) is 2.77. The summed E-state index contributed by atoms with van der Waals surface area (Å²) in [5.41, 5.74) is 11.9. The van der Waals surface area contributed by atoms with E-state index in [1.54, 1.807) is 6.92 Å². The molecular formula is C8H11F2N3. The number of hydrogen-bond donors (Lipinski definition) is 2. The van der Waals surface area contributed by atoms with Crippen molar-refractivity contribution in [1.29, 1.82) is 0 Å². The highest BCUT2D eigenvalue weighted by Gasteiger charge is 2.12. The van der Waals surface area contributed by atoms with E-state index in [1.807, 2.05) is 0 Å². The minimum absolute atomic E-state index is 0.0766. The topological polar surface area (TPSA) is 64.9 Å². The summed E-state index contributed by atoms with van der Waals surface area (Å²) in [7, 11) is 0. The molecule has 0 spiro atoms. The van der Waals surface area contributed by atoms with Crippen LogP contribution < -0.4 is 11.5 Å². The molecule has 4 N–H and O–H groups in total. The van der Waals surface area contributed by atoms with Crippen molar-refractivity contribution in [3.05, 3.63) is 23.0 Å². The lowest BCUT2D eigenvalue weighted by Crippen LogP contribution is -2.08. The molecule has 5 heteroatoms. The molecule has 0 saturated heterocycles. The second kappa shape index (κ2) is 3.66. The predicted molar refractivity (Wildman–Crippen MR) is 46.2 cm³/mol. The average molecular weight is 187 g/mol. The largest absolute Gasteiger partial charge is 0.397 e. The van der Waals surface area contributed by atoms with Crippen LogP contribution in [-0.4, -0.2) is 4.98 Å². The van der Waals surface area contributed by atoms with Crippen molar-refractivity contribution in [1.82, 2.24) is 4.98 Å². The Labute approximate surface area is 74.8 Å². The number of aryl methyl sites for hydroxylation is 1. The number of alkyl halides is 2. The van der Waals surface area contributed by atoms with Crippen molar-refractivity contribution in [2.45, 2.75) is 19.9 Å². The molecule has 0 aliphatic heterocycles. The smallest absolute Gasteiger partial charge is 0.280 e. The summed E-state index contributed by atoms with van der Waals surface area (Å²) in [6, 6.07) is 1.28. The van der Waals surface area contributed by atoms with E-state index in [4.69, 9.17) is 11.5 Å². The van der Waals surface area contributed by atoms with Crippen molar-refractivity contribution in [3.8, 4) is 0 Å². The van der Waals surface area contributed by atoms with Gasteiger partial charge in [-0.05, 0) is 18.6 Å². The summed E-state index contributed by atoms with van der Waals surface area (Å²) in [6.45, 7) is 1.73. The van der Waals surface area contributed by atoms with Gasteiger partial charge in [-0.1, -0.05) is 0 Å². The summed E-state index contributed by atoms with van der Waals surface area (Å²) in [5, 5.41) is 0. The monoisotopic (exact) mass is 187 g/mol. The Morgan fingerprint density at radius 3 is 2.62 bits per heavy atom. The van der Waals surface area contributed by atoms with Crippen molar-refractivity contribution >= 4 is 5.69 Å². The number of rotatable bonds is 2. The molecule has 0 amide bonds. The fourth-order valence-electron chi connectivity index (χ4n) is 1.04.